The standard InChI is InChI=1S/C14H14IN3O/c1-8(2)16-14-18-17-13(19-14)10-4-3-9-5-6-12(15)11(9)7-10/h3-4,6-8H,5H2,1-2H3,(H,16,18). The average molecular weight is 367 g/mol. The summed E-state index contributed by atoms with van der Waals surface area (Å²) in [5.41, 5.74) is 3.59. The first kappa shape index (κ1) is 12.7. The summed E-state index contributed by atoms with van der Waals surface area (Å²) in [5.74, 6) is 0.557. The second-order valence-electron chi connectivity index (χ2n) is 4.84. The fraction of sp³-hybridized carbons (Fsp3) is 0.286. The Morgan fingerprint density at radius 3 is 2.95 bits per heavy atom. The summed E-state index contributed by atoms with van der Waals surface area (Å²) in [4.78, 5) is 0. The van der Waals surface area contributed by atoms with E-state index >= 15 is 0 Å². The van der Waals surface area contributed by atoms with Crippen LogP contribution in [0.5, 0.6) is 0 Å². The van der Waals surface area contributed by atoms with Crippen molar-refractivity contribution in [3.63, 3.8) is 0 Å². The Labute approximate surface area is 125 Å². The quantitative estimate of drug-likeness (QED) is 0.837. The van der Waals surface area contributed by atoms with Gasteiger partial charge in [0.05, 0.1) is 0 Å². The lowest BCUT2D eigenvalue weighted by Gasteiger charge is -2.03. The summed E-state index contributed by atoms with van der Waals surface area (Å²) in [6, 6.07) is 7.03. The Balaban J connectivity index is 1.92. The largest absolute Gasteiger partial charge is 0.403 e. The SMILES string of the molecule is CC(C)Nc1nnc(-c2ccc3c(c2)C(I)=CC3)o1. The third-order valence-electron chi connectivity index (χ3n) is 2.95. The molecule has 0 atom stereocenters. The summed E-state index contributed by atoms with van der Waals surface area (Å²) in [6.07, 6.45) is 3.24. The molecule has 0 spiro atoms. The van der Waals surface area contributed by atoms with Crippen molar-refractivity contribution >= 4 is 32.2 Å². The van der Waals surface area contributed by atoms with Gasteiger partial charge in [-0.15, -0.1) is 5.10 Å². The molecule has 0 fully saturated rings. The van der Waals surface area contributed by atoms with Gasteiger partial charge in [0.1, 0.15) is 0 Å². The number of rotatable bonds is 3. The molecule has 0 unspecified atom stereocenters. The van der Waals surface area contributed by atoms with Gasteiger partial charge in [-0.25, -0.2) is 0 Å². The number of fused-ring (bicyclic) bond motifs is 1. The van der Waals surface area contributed by atoms with Gasteiger partial charge in [-0.05, 0) is 66.1 Å². The minimum absolute atomic E-state index is 0.275. The molecule has 1 N–H and O–H groups in total. The van der Waals surface area contributed by atoms with Crippen molar-refractivity contribution in [1.29, 1.82) is 0 Å². The summed E-state index contributed by atoms with van der Waals surface area (Å²) >= 11 is 2.36. The van der Waals surface area contributed by atoms with Crippen molar-refractivity contribution in [3.05, 3.63) is 35.4 Å². The van der Waals surface area contributed by atoms with Crippen molar-refractivity contribution in [3.8, 4) is 11.5 Å². The summed E-state index contributed by atoms with van der Waals surface area (Å²) in [5, 5.41) is 11.2. The molecule has 4 nitrogen and oxygen atoms in total. The molecule has 2 aromatic rings. The molecule has 1 aliphatic rings. The van der Waals surface area contributed by atoms with E-state index in [2.05, 4.69) is 56.3 Å². The normalized spacial score (nSPS) is 13.6. The fourth-order valence-electron chi connectivity index (χ4n) is 2.06. The maximum atomic E-state index is 5.62. The molecule has 1 aromatic carbocycles. The van der Waals surface area contributed by atoms with Crippen LogP contribution in [-0.2, 0) is 6.42 Å². The summed E-state index contributed by atoms with van der Waals surface area (Å²) in [6.45, 7) is 4.07. The van der Waals surface area contributed by atoms with Crippen molar-refractivity contribution in [2.24, 2.45) is 0 Å². The second kappa shape index (κ2) is 4.96. The van der Waals surface area contributed by atoms with Gasteiger partial charge in [-0.1, -0.05) is 17.2 Å². The third kappa shape index (κ3) is 2.51. The number of aromatic nitrogens is 2. The predicted molar refractivity (Wildman–Crippen MR) is 84.2 cm³/mol. The molecular weight excluding hydrogens is 353 g/mol. The van der Waals surface area contributed by atoms with Gasteiger partial charge in [0.2, 0.25) is 5.89 Å². The molecule has 0 bridgehead atoms. The number of halogens is 1. The maximum absolute atomic E-state index is 5.62. The van der Waals surface area contributed by atoms with Gasteiger partial charge in [0.15, 0.2) is 0 Å². The Bertz CT molecular complexity index is 646. The van der Waals surface area contributed by atoms with Gasteiger partial charge in [0.25, 0.3) is 0 Å². The van der Waals surface area contributed by atoms with Gasteiger partial charge in [-0.2, -0.15) is 0 Å². The number of benzene rings is 1. The van der Waals surface area contributed by atoms with Gasteiger partial charge < -0.3 is 9.73 Å². The van der Waals surface area contributed by atoms with Crippen molar-refractivity contribution in [2.75, 3.05) is 5.32 Å². The highest BCUT2D eigenvalue weighted by atomic mass is 127. The minimum Gasteiger partial charge on any atom is -0.403 e. The molecule has 0 saturated heterocycles. The van der Waals surface area contributed by atoms with E-state index in [0.29, 0.717) is 11.9 Å². The smallest absolute Gasteiger partial charge is 0.315 e. The number of hydrogen-bond donors (Lipinski definition) is 1. The van der Waals surface area contributed by atoms with E-state index in [0.717, 1.165) is 12.0 Å². The molecule has 1 aliphatic carbocycles. The van der Waals surface area contributed by atoms with Crippen LogP contribution in [0.4, 0.5) is 6.01 Å². The Kier molecular flexibility index (Phi) is 3.30. The Hall–Kier alpha value is -1.37. The molecule has 1 heterocycles. The number of nitrogens with one attached hydrogen (secondary N) is 1. The van der Waals surface area contributed by atoms with Gasteiger partial charge >= 0.3 is 6.01 Å². The third-order valence-corrected chi connectivity index (χ3v) is 3.97. The minimum atomic E-state index is 0.275. The van der Waals surface area contributed by atoms with E-state index in [4.69, 9.17) is 4.42 Å². The van der Waals surface area contributed by atoms with Crippen molar-refractivity contribution in [1.82, 2.24) is 10.2 Å². The second-order valence-corrected chi connectivity index (χ2v) is 6.00. The zero-order chi connectivity index (χ0) is 13.4. The van der Waals surface area contributed by atoms with Crippen LogP contribution in [0.1, 0.15) is 25.0 Å². The lowest BCUT2D eigenvalue weighted by atomic mass is 10.1. The molecule has 1 aromatic heterocycles. The van der Waals surface area contributed by atoms with Crippen molar-refractivity contribution < 1.29 is 4.42 Å². The van der Waals surface area contributed by atoms with Gasteiger partial charge in [0, 0.05) is 15.2 Å². The topological polar surface area (TPSA) is 51.0 Å². The first-order chi connectivity index (χ1) is 9.13. The van der Waals surface area contributed by atoms with E-state index in [9.17, 15) is 0 Å². The molecular formula is C14H14IN3O. The van der Waals surface area contributed by atoms with Crippen LogP contribution >= 0.6 is 22.6 Å². The van der Waals surface area contributed by atoms with Crippen LogP contribution < -0.4 is 5.32 Å². The number of anilines is 1. The predicted octanol–water partition coefficient (Wildman–Crippen LogP) is 3.89. The van der Waals surface area contributed by atoms with Crippen LogP contribution in [0.25, 0.3) is 15.0 Å². The molecule has 98 valence electrons. The van der Waals surface area contributed by atoms with E-state index in [-0.39, 0.29) is 6.04 Å². The van der Waals surface area contributed by atoms with Crippen molar-refractivity contribution in [2.45, 2.75) is 26.3 Å². The monoisotopic (exact) mass is 367 g/mol. The highest BCUT2D eigenvalue weighted by Gasteiger charge is 2.15. The molecule has 19 heavy (non-hydrogen) atoms. The average Bonchev–Trinajstić information content (AvgIpc) is 2.96. The Morgan fingerprint density at radius 1 is 1.32 bits per heavy atom. The fourth-order valence-corrected chi connectivity index (χ4v) is 2.79. The van der Waals surface area contributed by atoms with Crippen LogP contribution in [0.15, 0.2) is 28.7 Å². The zero-order valence-electron chi connectivity index (χ0n) is 10.8. The highest BCUT2D eigenvalue weighted by molar-refractivity contribution is 14.1. The van der Waals surface area contributed by atoms with E-state index in [1.165, 1.54) is 14.7 Å². The lowest BCUT2D eigenvalue weighted by molar-refractivity contribution is 0.574. The number of nitrogens with zero attached hydrogens (tertiary/aromatic N) is 2. The first-order valence-corrected chi connectivity index (χ1v) is 7.31. The molecule has 5 heteroatoms. The van der Waals surface area contributed by atoms with Crippen LogP contribution in [0.2, 0.25) is 0 Å². The van der Waals surface area contributed by atoms with E-state index in [1.807, 2.05) is 19.9 Å². The summed E-state index contributed by atoms with van der Waals surface area (Å²) < 4.78 is 6.91. The molecule has 3 rings (SSSR count). The zero-order valence-corrected chi connectivity index (χ0v) is 12.9. The van der Waals surface area contributed by atoms with Gasteiger partial charge in [-0.3, -0.25) is 0 Å². The molecule has 0 aliphatic heterocycles. The maximum Gasteiger partial charge on any atom is 0.315 e. The van der Waals surface area contributed by atoms with Crippen LogP contribution in [0.3, 0.4) is 0 Å². The first-order valence-electron chi connectivity index (χ1n) is 6.23. The number of hydrogen-bond acceptors (Lipinski definition) is 4. The van der Waals surface area contributed by atoms with Crippen LogP contribution in [0, 0.1) is 0 Å². The van der Waals surface area contributed by atoms with Crippen LogP contribution in [-0.4, -0.2) is 16.2 Å². The molecule has 0 radical (unpaired) electrons. The van der Waals surface area contributed by atoms with E-state index < -0.39 is 0 Å². The summed E-state index contributed by atoms with van der Waals surface area (Å²) in [7, 11) is 0. The Morgan fingerprint density at radius 2 is 2.16 bits per heavy atom. The highest BCUT2D eigenvalue weighted by Crippen LogP contribution is 2.35. The lowest BCUT2D eigenvalue weighted by Crippen LogP contribution is -2.09. The molecule has 0 amide bonds. The molecule has 0 saturated carbocycles. The number of allylic oxidation sites excluding steroid dienone is 1. The van der Waals surface area contributed by atoms with E-state index in [1.54, 1.807) is 0 Å².